The summed E-state index contributed by atoms with van der Waals surface area (Å²) in [5, 5.41) is -3.82. The number of hydrogen-bond acceptors (Lipinski definition) is 0. The van der Waals surface area contributed by atoms with Crippen LogP contribution in [-0.2, 0) is 0 Å². The minimum Gasteiger partial charge on any atom is -0.309 e. The highest BCUT2D eigenvalue weighted by Gasteiger charge is 2.22. The van der Waals surface area contributed by atoms with Gasteiger partial charge in [-0.05, 0) is 106 Å². The molecular weight excluding hydrogens is 763 g/mol. The van der Waals surface area contributed by atoms with Gasteiger partial charge in [-0.15, -0.1) is 0 Å². The van der Waals surface area contributed by atoms with Gasteiger partial charge in [-0.3, -0.25) is 0 Å². The molecule has 0 fully saturated rings. The summed E-state index contributed by atoms with van der Waals surface area (Å²) >= 11 is 0. The van der Waals surface area contributed by atoms with E-state index in [1.54, 1.807) is 0 Å². The number of nitrogens with zero attached hydrogens (tertiary/aromatic N) is 3. The van der Waals surface area contributed by atoms with Gasteiger partial charge in [0.25, 0.3) is 0 Å². The first-order chi connectivity index (χ1) is 46.2. The third-order valence-electron chi connectivity index (χ3n) is 10.4. The molecule has 0 N–H and O–H groups in total. The summed E-state index contributed by atoms with van der Waals surface area (Å²) in [6, 6.07) is -31.5. The monoisotopic (exact) mass is 838 g/mol. The summed E-state index contributed by atoms with van der Waals surface area (Å²) in [5.41, 5.74) is -10.5. The van der Waals surface area contributed by atoms with Crippen molar-refractivity contribution in [1.29, 1.82) is 0 Å². The molecule has 3 heteroatoms. The lowest BCUT2D eigenvalue weighted by molar-refractivity contribution is 1.13. The molecule has 10 aromatic carbocycles. The van der Waals surface area contributed by atoms with Crippen LogP contribution in [0.2, 0.25) is 0 Å². The van der Waals surface area contributed by atoms with Crippen LogP contribution in [0.15, 0.2) is 236 Å². The van der Waals surface area contributed by atoms with E-state index in [-0.39, 0.29) is 0 Å². The number of hydrogen-bond donors (Lipinski definition) is 0. The first-order valence-electron chi connectivity index (χ1n) is 36.7. The van der Waals surface area contributed by atoms with Crippen LogP contribution in [0.5, 0.6) is 0 Å². The predicted molar refractivity (Wildman–Crippen MR) is 266 cm³/mol. The Morgan fingerprint density at radius 2 is 0.683 bits per heavy atom. The van der Waals surface area contributed by atoms with Gasteiger partial charge in [0.2, 0.25) is 0 Å². The number of benzene rings is 10. The molecule has 0 spiro atoms. The van der Waals surface area contributed by atoms with Crippen molar-refractivity contribution in [2.24, 2.45) is 0 Å². The SMILES string of the molecule is [2H]c1c([2H])c([2H])c(-c2cc(-c3c([2H])c([2H])c([2H])c(-c4c([2H])c([2H])c([2H])c([2H])c4[2H])c3[2H])cc(-n3c4c([2H])c([2H])c([2H])c([2H])c4c4c([2H])c([2H])c([2H])c(-n5c6c([2H])c([2H])c([2H])c([2H])c6c6c([2H])c(-n7c8c([2H])c([2H])c([2H])c([2H])c8c8c([2H])c([2H])c([2H])c([2H])c87)c([2H])c([2H])c65)c43)c2)c([2H])c1[2H]. The number of para-hydroxylation sites is 5. The molecule has 3 heterocycles. The van der Waals surface area contributed by atoms with E-state index in [1.807, 2.05) is 0 Å². The zero-order valence-electron chi connectivity index (χ0n) is 67.6. The van der Waals surface area contributed by atoms with Crippen molar-refractivity contribution in [1.82, 2.24) is 13.7 Å². The number of rotatable bonds is 6. The van der Waals surface area contributed by atoms with Gasteiger partial charge in [0.15, 0.2) is 0 Å². The molecule has 3 nitrogen and oxygen atoms in total. The van der Waals surface area contributed by atoms with E-state index in [9.17, 15) is 21.9 Å². The Morgan fingerprint density at radius 3 is 1.32 bits per heavy atom. The summed E-state index contributed by atoms with van der Waals surface area (Å²) < 4.78 is 333. The van der Waals surface area contributed by atoms with E-state index < -0.39 is 333 Å². The lowest BCUT2D eigenvalue weighted by atomic mass is 9.95. The standard InChI is InChI=1S/C60H39N3/c1-3-17-40(18-4-1)42-21-15-22-43(35-42)45-36-44(41-19-5-2-6-20-41)37-47(38-45)62-56-30-13-9-25-50(56)52-27-16-32-59(60(52)62)63-57-31-14-10-26-51(57)53-39-46(33-34-58(53)63)61-54-28-11-7-23-48(54)49-24-8-12-29-55(49)61/h1-39H/i1D,2D,3D,4D,5D,6D,7D,8D,9D,10D,11D,12D,13D,14D,15D,16D,17D,18D,19D,20D,21D,22D,23D,24D,25D,26D,27D,28D,29D,30D,31D,32D,33D,34D,35D,39D. The zero-order chi connectivity index (χ0) is 72.8. The Morgan fingerprint density at radius 1 is 0.254 bits per heavy atom. The lowest BCUT2D eigenvalue weighted by Gasteiger charge is -2.17. The van der Waals surface area contributed by atoms with Gasteiger partial charge in [-0.1, -0.05) is 163 Å². The van der Waals surface area contributed by atoms with Crippen molar-refractivity contribution in [3.05, 3.63) is 236 Å². The molecule has 3 aromatic heterocycles. The lowest BCUT2D eigenvalue weighted by Crippen LogP contribution is -2.01. The van der Waals surface area contributed by atoms with Crippen molar-refractivity contribution < 1.29 is 49.3 Å². The molecule has 0 amide bonds. The van der Waals surface area contributed by atoms with Crippen molar-refractivity contribution in [2.75, 3.05) is 0 Å². The normalized spacial score (nSPS) is 19.8. The Kier molecular flexibility index (Phi) is 3.33. The fourth-order valence-electron chi connectivity index (χ4n) is 7.87. The van der Waals surface area contributed by atoms with Gasteiger partial charge in [-0.2, -0.15) is 0 Å². The van der Waals surface area contributed by atoms with Crippen LogP contribution >= 0.6 is 0 Å². The van der Waals surface area contributed by atoms with Crippen LogP contribution in [0.25, 0.3) is 116 Å². The summed E-state index contributed by atoms with van der Waals surface area (Å²) in [6.45, 7) is 0. The van der Waals surface area contributed by atoms with Crippen LogP contribution in [-0.4, -0.2) is 13.7 Å². The summed E-state index contributed by atoms with van der Waals surface area (Å²) in [6.07, 6.45) is 0. The minimum absolute atomic E-state index is 0.472. The molecule has 294 valence electrons. The second-order valence-corrected chi connectivity index (χ2v) is 13.8. The van der Waals surface area contributed by atoms with Gasteiger partial charge in [-0.25, -0.2) is 0 Å². The molecular formula is C60H39N3. The molecule has 63 heavy (non-hydrogen) atoms. The van der Waals surface area contributed by atoms with Crippen molar-refractivity contribution in [3.8, 4) is 50.4 Å². The summed E-state index contributed by atoms with van der Waals surface area (Å²) in [4.78, 5) is 0. The topological polar surface area (TPSA) is 14.8 Å². The van der Waals surface area contributed by atoms with Crippen LogP contribution < -0.4 is 0 Å². The predicted octanol–water partition coefficient (Wildman–Crippen LogP) is 16.0. The number of aromatic nitrogens is 3. The van der Waals surface area contributed by atoms with Gasteiger partial charge in [0.1, 0.15) is 0 Å². The second-order valence-electron chi connectivity index (χ2n) is 13.8. The van der Waals surface area contributed by atoms with Crippen molar-refractivity contribution in [2.45, 2.75) is 0 Å². The smallest absolute Gasteiger partial charge is 0.0782 e. The quantitative estimate of drug-likeness (QED) is 0.158. The van der Waals surface area contributed by atoms with E-state index in [1.165, 1.54) is 0 Å². The highest BCUT2D eigenvalue weighted by atomic mass is 15.1. The average Bonchev–Trinajstić information content (AvgIpc) is 1.53. The van der Waals surface area contributed by atoms with Gasteiger partial charge >= 0.3 is 0 Å². The molecule has 0 aliphatic rings. The summed E-state index contributed by atoms with van der Waals surface area (Å²) in [5.74, 6) is 0. The van der Waals surface area contributed by atoms with Gasteiger partial charge in [0, 0.05) is 43.7 Å². The Labute approximate surface area is 415 Å². The molecule has 0 aliphatic heterocycles. The maximum Gasteiger partial charge on any atom is 0.0782 e. The molecule has 0 bridgehead atoms. The molecule has 0 saturated carbocycles. The fraction of sp³-hybridized carbons (Fsp3) is 0. The van der Waals surface area contributed by atoms with Crippen LogP contribution in [0.4, 0.5) is 0 Å². The zero-order valence-corrected chi connectivity index (χ0v) is 31.6. The van der Waals surface area contributed by atoms with Crippen LogP contribution in [0.3, 0.4) is 0 Å². The Hall–Kier alpha value is -8.40. The van der Waals surface area contributed by atoms with Crippen LogP contribution in [0.1, 0.15) is 49.3 Å². The van der Waals surface area contributed by atoms with Crippen molar-refractivity contribution in [3.63, 3.8) is 0 Å². The van der Waals surface area contributed by atoms with Gasteiger partial charge < -0.3 is 13.7 Å². The van der Waals surface area contributed by atoms with E-state index in [2.05, 4.69) is 0 Å². The highest BCUT2D eigenvalue weighted by Crippen LogP contribution is 2.42. The third-order valence-corrected chi connectivity index (χ3v) is 10.4. The maximum absolute atomic E-state index is 10.3. The molecule has 13 rings (SSSR count). The van der Waals surface area contributed by atoms with E-state index >= 15 is 0 Å². The Balaban J connectivity index is 1.29. The number of fused-ring (bicyclic) bond motifs is 9. The van der Waals surface area contributed by atoms with Crippen molar-refractivity contribution >= 4 is 65.4 Å². The third kappa shape index (κ3) is 5.53. The average molecular weight is 838 g/mol. The van der Waals surface area contributed by atoms with Crippen LogP contribution in [0, 0.1) is 0 Å². The minimum atomic E-state index is -1.12. The van der Waals surface area contributed by atoms with E-state index in [0.29, 0.717) is 0 Å². The molecule has 0 radical (unpaired) electrons. The highest BCUT2D eigenvalue weighted by molar-refractivity contribution is 6.16. The summed E-state index contributed by atoms with van der Waals surface area (Å²) in [7, 11) is 0. The molecule has 0 atom stereocenters. The van der Waals surface area contributed by atoms with Gasteiger partial charge in [0.05, 0.1) is 88.1 Å². The first kappa shape index (κ1) is 14.9. The largest absolute Gasteiger partial charge is 0.309 e. The van der Waals surface area contributed by atoms with E-state index in [0.717, 1.165) is 31.9 Å². The Bertz CT molecular complexity index is 5920. The first-order valence-corrected chi connectivity index (χ1v) is 18.7. The maximum atomic E-state index is 10.3. The second kappa shape index (κ2) is 14.1. The molecule has 0 aliphatic carbocycles. The molecule has 13 aromatic rings. The fourth-order valence-corrected chi connectivity index (χ4v) is 7.87. The van der Waals surface area contributed by atoms with E-state index in [4.69, 9.17) is 27.4 Å². The molecule has 0 unspecified atom stereocenters. The molecule has 0 saturated heterocycles.